The molecule has 0 bridgehead atoms. The van der Waals surface area contributed by atoms with Crippen LogP contribution in [0.25, 0.3) is 0 Å². The highest BCUT2D eigenvalue weighted by atomic mass is 19.2. The molecule has 0 nitrogen and oxygen atoms in total. The van der Waals surface area contributed by atoms with E-state index in [1.165, 1.54) is 0 Å². The van der Waals surface area contributed by atoms with E-state index in [0.717, 1.165) is 0 Å². The Morgan fingerprint density at radius 3 is 0.625 bits per heavy atom. The molecule has 0 atom stereocenters. The highest BCUT2D eigenvalue weighted by Crippen LogP contribution is 1.67. The van der Waals surface area contributed by atoms with E-state index in [1.807, 2.05) is 0 Å². The topological polar surface area (TPSA) is 0 Å². The van der Waals surface area contributed by atoms with Crippen molar-refractivity contribution in [2.24, 2.45) is 0 Å². The Morgan fingerprint density at radius 1 is 0.500 bits per heavy atom. The molecule has 0 aromatic rings. The zero-order chi connectivity index (χ0) is 6.83. The van der Waals surface area contributed by atoms with Crippen LogP contribution in [0.5, 0.6) is 0 Å². The van der Waals surface area contributed by atoms with Gasteiger partial charge in [0.15, 0.2) is 0 Å². The molecule has 48 valence electrons. The molecule has 8 heavy (non-hydrogen) atoms. The van der Waals surface area contributed by atoms with Crippen LogP contribution in [-0.2, 0) is 0 Å². The van der Waals surface area contributed by atoms with Crippen LogP contribution in [0.1, 0.15) is 0 Å². The molecule has 0 saturated heterocycles. The summed E-state index contributed by atoms with van der Waals surface area (Å²) in [6, 6.07) is 0. The van der Waals surface area contributed by atoms with Crippen molar-refractivity contribution in [2.45, 2.75) is 0 Å². The number of halogens is 4. The number of hydrogen-bond acceptors (Lipinski definition) is 0. The van der Waals surface area contributed by atoms with Crippen LogP contribution in [0.15, 0.2) is 25.3 Å². The quantitative estimate of drug-likeness (QED) is 0.440. The van der Waals surface area contributed by atoms with Gasteiger partial charge < -0.3 is 0 Å². The molecule has 4 heteroatoms. The largest absolute Gasteiger partial charge is 0.213 e. The molecule has 0 heterocycles. The molecule has 0 N–H and O–H groups in total. The van der Waals surface area contributed by atoms with Crippen LogP contribution >= 0.6 is 0 Å². The molecule has 0 aromatic carbocycles. The van der Waals surface area contributed by atoms with Gasteiger partial charge in [-0.1, -0.05) is 0 Å². The molecule has 0 unspecified atom stereocenters. The molecule has 0 fully saturated rings. The van der Waals surface area contributed by atoms with E-state index in [1.54, 1.807) is 0 Å². The maximum Gasteiger partial charge on any atom is 0.115 e. The van der Waals surface area contributed by atoms with E-state index < -0.39 is 0 Å². The molecular weight excluding hydrogens is 124 g/mol. The van der Waals surface area contributed by atoms with Crippen LogP contribution in [0.4, 0.5) is 17.6 Å². The average molecular weight is 128 g/mol. The average Bonchev–Trinajstić information content (AvgIpc) is 1.88. The minimum atomic E-state index is -0.167. The van der Waals surface area contributed by atoms with Crippen molar-refractivity contribution in [3.8, 4) is 0 Å². The molecule has 0 aliphatic carbocycles. The fourth-order valence-corrected chi connectivity index (χ4v) is 0. The Bertz CT molecular complexity index is 48.4. The van der Waals surface area contributed by atoms with Crippen LogP contribution in [0.3, 0.4) is 0 Å². The van der Waals surface area contributed by atoms with Crippen molar-refractivity contribution in [3.05, 3.63) is 25.3 Å². The molecule has 0 aromatic heterocycles. The van der Waals surface area contributed by atoms with Crippen molar-refractivity contribution in [1.82, 2.24) is 0 Å². The third-order valence-electron chi connectivity index (χ3n) is 0.0952. The fraction of sp³-hybridized carbons (Fsp3) is 0. The van der Waals surface area contributed by atoms with Gasteiger partial charge in [0.1, 0.15) is 25.3 Å². The smallest absolute Gasteiger partial charge is 0.115 e. The maximum atomic E-state index is 10.2. The predicted octanol–water partition coefficient (Wildman–Crippen LogP) is 2.79. The zero-order valence-corrected chi connectivity index (χ0v) is 3.82. The summed E-state index contributed by atoms with van der Waals surface area (Å²) in [7, 11) is 0. The van der Waals surface area contributed by atoms with E-state index in [2.05, 4.69) is 0 Å². The van der Waals surface area contributed by atoms with Crippen molar-refractivity contribution in [1.29, 1.82) is 0 Å². The summed E-state index contributed by atoms with van der Waals surface area (Å²) >= 11 is 0. The summed E-state index contributed by atoms with van der Waals surface area (Å²) in [4.78, 5) is 0. The molecular formula is C4H4F4. The SMILES string of the molecule is F/C=C/F.F/C=C/F. The molecule has 0 spiro atoms. The Labute approximate surface area is 44.1 Å². The summed E-state index contributed by atoms with van der Waals surface area (Å²) in [5.41, 5.74) is 0. The second kappa shape index (κ2) is 16.4. The van der Waals surface area contributed by atoms with Crippen LogP contribution in [-0.4, -0.2) is 0 Å². The highest BCUT2D eigenvalue weighted by Gasteiger charge is 1.44. The van der Waals surface area contributed by atoms with Crippen molar-refractivity contribution < 1.29 is 17.6 Å². The lowest BCUT2D eigenvalue weighted by atomic mass is 11.2. The first-order valence-corrected chi connectivity index (χ1v) is 1.54. The van der Waals surface area contributed by atoms with Crippen molar-refractivity contribution >= 4 is 0 Å². The lowest BCUT2D eigenvalue weighted by Crippen LogP contribution is -1.18. The fourth-order valence-electron chi connectivity index (χ4n) is 0. The molecule has 0 saturated carbocycles. The minimum Gasteiger partial charge on any atom is -0.213 e. The van der Waals surface area contributed by atoms with Gasteiger partial charge in [0.25, 0.3) is 0 Å². The van der Waals surface area contributed by atoms with Crippen molar-refractivity contribution in [2.75, 3.05) is 0 Å². The van der Waals surface area contributed by atoms with Gasteiger partial charge in [-0.15, -0.1) is 0 Å². The standard InChI is InChI=1S/2C2H2F2/c2*3-1-2-4/h2*1-2H/b2*2-1+. The van der Waals surface area contributed by atoms with E-state index in [0.29, 0.717) is 0 Å². The van der Waals surface area contributed by atoms with Gasteiger partial charge in [0, 0.05) is 0 Å². The summed E-state index contributed by atoms with van der Waals surface area (Å²) in [6.45, 7) is 0. The van der Waals surface area contributed by atoms with E-state index in [9.17, 15) is 17.6 Å². The summed E-state index contributed by atoms with van der Waals surface area (Å²) in [5, 5.41) is 0. The Morgan fingerprint density at radius 2 is 0.625 bits per heavy atom. The lowest BCUT2D eigenvalue weighted by Gasteiger charge is -1.42. The summed E-state index contributed by atoms with van der Waals surface area (Å²) in [6.07, 6.45) is -0.667. The van der Waals surface area contributed by atoms with E-state index in [4.69, 9.17) is 0 Å². The van der Waals surface area contributed by atoms with Gasteiger partial charge in [-0.2, -0.15) is 0 Å². The molecule has 0 radical (unpaired) electrons. The lowest BCUT2D eigenvalue weighted by molar-refractivity contribution is 0.645. The molecule has 0 aliphatic heterocycles. The van der Waals surface area contributed by atoms with Crippen LogP contribution < -0.4 is 0 Å². The third-order valence-corrected chi connectivity index (χ3v) is 0.0952. The Hall–Kier alpha value is -0.800. The first kappa shape index (κ1) is 10.2. The minimum absolute atomic E-state index is 0.167. The molecule has 0 amide bonds. The Kier molecular flexibility index (Phi) is 20.9. The van der Waals surface area contributed by atoms with Crippen molar-refractivity contribution in [3.63, 3.8) is 0 Å². The van der Waals surface area contributed by atoms with Gasteiger partial charge in [0.05, 0.1) is 0 Å². The van der Waals surface area contributed by atoms with Gasteiger partial charge in [-0.3, -0.25) is 0 Å². The monoisotopic (exact) mass is 128 g/mol. The van der Waals surface area contributed by atoms with Crippen LogP contribution in [0.2, 0.25) is 0 Å². The highest BCUT2D eigenvalue weighted by molar-refractivity contribution is 4.52. The number of hydrogen-bond donors (Lipinski definition) is 0. The Balaban J connectivity index is 0. The van der Waals surface area contributed by atoms with Gasteiger partial charge in [0.2, 0.25) is 0 Å². The maximum absolute atomic E-state index is 10.2. The second-order valence-electron chi connectivity index (χ2n) is 0.504. The second-order valence-corrected chi connectivity index (χ2v) is 0.504. The molecule has 0 rings (SSSR count). The van der Waals surface area contributed by atoms with Gasteiger partial charge in [-0.25, -0.2) is 17.6 Å². The summed E-state index contributed by atoms with van der Waals surface area (Å²) < 4.78 is 40.7. The number of rotatable bonds is 0. The third kappa shape index (κ3) is 63.7. The van der Waals surface area contributed by atoms with Gasteiger partial charge in [-0.05, 0) is 0 Å². The predicted molar refractivity (Wildman–Crippen MR) is 22.7 cm³/mol. The van der Waals surface area contributed by atoms with E-state index in [-0.39, 0.29) is 25.3 Å². The molecule has 0 aliphatic rings. The normalized spacial score (nSPS) is 9.50. The summed E-state index contributed by atoms with van der Waals surface area (Å²) in [5.74, 6) is 0. The zero-order valence-electron chi connectivity index (χ0n) is 3.82. The van der Waals surface area contributed by atoms with E-state index >= 15 is 0 Å². The van der Waals surface area contributed by atoms with Gasteiger partial charge >= 0.3 is 0 Å². The first-order chi connectivity index (χ1) is 3.83. The first-order valence-electron chi connectivity index (χ1n) is 1.54. The van der Waals surface area contributed by atoms with Crippen LogP contribution in [0, 0.1) is 0 Å².